The minimum absolute atomic E-state index is 1.15. The maximum Gasteiger partial charge on any atom is -0.0000580 e. The van der Waals surface area contributed by atoms with Gasteiger partial charge < -0.3 is 5.32 Å². The van der Waals surface area contributed by atoms with Gasteiger partial charge in [0.15, 0.2) is 0 Å². The maximum absolute atomic E-state index is 3.12. The second-order valence-corrected chi connectivity index (χ2v) is 3.03. The Morgan fingerprint density at radius 1 is 1.45 bits per heavy atom. The van der Waals surface area contributed by atoms with Crippen molar-refractivity contribution < 1.29 is 0 Å². The van der Waals surface area contributed by atoms with Crippen LogP contribution in [0.1, 0.15) is 39.0 Å². The van der Waals surface area contributed by atoms with Gasteiger partial charge in [-0.05, 0) is 31.7 Å². The van der Waals surface area contributed by atoms with Crippen molar-refractivity contribution in [1.82, 2.24) is 5.32 Å². The van der Waals surface area contributed by atoms with E-state index in [0.717, 1.165) is 6.42 Å². The molecule has 0 atom stereocenters. The molecule has 0 saturated heterocycles. The summed E-state index contributed by atoms with van der Waals surface area (Å²) >= 11 is 0. The van der Waals surface area contributed by atoms with E-state index in [0.29, 0.717) is 0 Å². The van der Waals surface area contributed by atoms with E-state index >= 15 is 0 Å². The van der Waals surface area contributed by atoms with Crippen LogP contribution >= 0.6 is 0 Å². The predicted molar refractivity (Wildman–Crippen MR) is 49.1 cm³/mol. The molecule has 0 aromatic carbocycles. The number of dihydropyridines is 1. The Morgan fingerprint density at radius 2 is 2.36 bits per heavy atom. The molecule has 0 aromatic rings. The van der Waals surface area contributed by atoms with E-state index in [2.05, 4.69) is 24.5 Å². The molecule has 1 heterocycles. The number of nitrogens with one attached hydrogen (secondary N) is 1. The van der Waals surface area contributed by atoms with Crippen LogP contribution in [0.4, 0.5) is 0 Å². The molecule has 1 N–H and O–H groups in total. The molecular formula is C10H17N. The van der Waals surface area contributed by atoms with Crippen LogP contribution in [0.5, 0.6) is 0 Å². The lowest BCUT2D eigenvalue weighted by atomic mass is 10.0. The van der Waals surface area contributed by atoms with Gasteiger partial charge in [0, 0.05) is 0 Å². The molecule has 1 rings (SSSR count). The summed E-state index contributed by atoms with van der Waals surface area (Å²) in [5.41, 5.74) is 1.54. The Kier molecular flexibility index (Phi) is 3.81. The number of hydrogen-bond acceptors (Lipinski definition) is 1. The molecule has 0 spiro atoms. The summed E-state index contributed by atoms with van der Waals surface area (Å²) in [6.45, 7) is 2.24. The number of hydrogen-bond donors (Lipinski definition) is 1. The summed E-state index contributed by atoms with van der Waals surface area (Å²) in [6, 6.07) is 0. The third-order valence-electron chi connectivity index (χ3n) is 1.98. The molecule has 0 amide bonds. The van der Waals surface area contributed by atoms with Crippen molar-refractivity contribution in [3.63, 3.8) is 0 Å². The van der Waals surface area contributed by atoms with Crippen molar-refractivity contribution in [3.8, 4) is 0 Å². The second kappa shape index (κ2) is 5.00. The summed E-state index contributed by atoms with van der Waals surface area (Å²) in [4.78, 5) is 0. The van der Waals surface area contributed by atoms with Crippen LogP contribution in [-0.4, -0.2) is 0 Å². The van der Waals surface area contributed by atoms with Crippen molar-refractivity contribution >= 4 is 0 Å². The Morgan fingerprint density at radius 3 is 3.00 bits per heavy atom. The second-order valence-electron chi connectivity index (χ2n) is 3.03. The fourth-order valence-electron chi connectivity index (χ4n) is 1.28. The van der Waals surface area contributed by atoms with Crippen LogP contribution < -0.4 is 5.32 Å². The van der Waals surface area contributed by atoms with E-state index in [1.54, 1.807) is 5.57 Å². The Bertz CT molecular complexity index is 156. The van der Waals surface area contributed by atoms with Crippen LogP contribution in [0, 0.1) is 0 Å². The fourth-order valence-corrected chi connectivity index (χ4v) is 1.28. The van der Waals surface area contributed by atoms with E-state index in [-0.39, 0.29) is 0 Å². The first kappa shape index (κ1) is 8.38. The normalized spacial score (nSPS) is 15.9. The predicted octanol–water partition coefficient (Wildman–Crippen LogP) is 2.96. The minimum atomic E-state index is 1.15. The van der Waals surface area contributed by atoms with Crippen LogP contribution in [0.2, 0.25) is 0 Å². The van der Waals surface area contributed by atoms with Gasteiger partial charge in [0.05, 0.1) is 0 Å². The average molecular weight is 151 g/mol. The number of unbranched alkanes of at least 4 members (excludes halogenated alkanes) is 2. The standard InChI is InChI=1S/C10H17N/c1-2-3-4-6-10-7-5-8-11-9-10/h5,8-9,11H,2-4,6-7H2,1H3. The SMILES string of the molecule is CCCCCC1=CNC=CC1. The molecule has 1 heteroatoms. The van der Waals surface area contributed by atoms with Gasteiger partial charge in [-0.15, -0.1) is 0 Å². The summed E-state index contributed by atoms with van der Waals surface area (Å²) in [7, 11) is 0. The molecule has 1 aliphatic heterocycles. The first-order chi connectivity index (χ1) is 5.43. The van der Waals surface area contributed by atoms with Crippen molar-refractivity contribution in [1.29, 1.82) is 0 Å². The first-order valence-electron chi connectivity index (χ1n) is 4.52. The zero-order valence-electron chi connectivity index (χ0n) is 7.27. The molecule has 1 aliphatic rings. The highest BCUT2D eigenvalue weighted by Crippen LogP contribution is 2.13. The quantitative estimate of drug-likeness (QED) is 0.609. The molecule has 0 bridgehead atoms. The molecule has 0 aromatic heterocycles. The van der Waals surface area contributed by atoms with Crippen molar-refractivity contribution in [2.24, 2.45) is 0 Å². The highest BCUT2D eigenvalue weighted by Gasteiger charge is 1.97. The third-order valence-corrected chi connectivity index (χ3v) is 1.98. The summed E-state index contributed by atoms with van der Waals surface area (Å²) in [5, 5.41) is 3.12. The molecule has 0 unspecified atom stereocenters. The van der Waals surface area contributed by atoms with E-state index in [4.69, 9.17) is 0 Å². The smallest absolute Gasteiger partial charge is 0.0000580 e. The maximum atomic E-state index is 3.12. The Hall–Kier alpha value is -0.720. The van der Waals surface area contributed by atoms with Crippen LogP contribution in [-0.2, 0) is 0 Å². The largest absolute Gasteiger partial charge is 0.368 e. The molecule has 0 saturated carbocycles. The Balaban J connectivity index is 2.11. The van der Waals surface area contributed by atoms with Gasteiger partial charge in [0.25, 0.3) is 0 Å². The summed E-state index contributed by atoms with van der Waals surface area (Å²) < 4.78 is 0. The molecular weight excluding hydrogens is 134 g/mol. The monoisotopic (exact) mass is 151 g/mol. The lowest BCUT2D eigenvalue weighted by molar-refractivity contribution is 0.701. The minimum Gasteiger partial charge on any atom is -0.368 e. The highest BCUT2D eigenvalue weighted by molar-refractivity contribution is 5.12. The lowest BCUT2D eigenvalue weighted by Crippen LogP contribution is -2.00. The summed E-state index contributed by atoms with van der Waals surface area (Å²) in [6.07, 6.45) is 12.8. The van der Waals surface area contributed by atoms with Gasteiger partial charge in [-0.25, -0.2) is 0 Å². The van der Waals surface area contributed by atoms with Gasteiger partial charge in [0.2, 0.25) is 0 Å². The van der Waals surface area contributed by atoms with Crippen molar-refractivity contribution in [2.75, 3.05) is 0 Å². The van der Waals surface area contributed by atoms with Crippen LogP contribution in [0.25, 0.3) is 0 Å². The third kappa shape index (κ3) is 3.26. The molecule has 11 heavy (non-hydrogen) atoms. The van der Waals surface area contributed by atoms with Crippen molar-refractivity contribution in [2.45, 2.75) is 39.0 Å². The lowest BCUT2D eigenvalue weighted by Gasteiger charge is -2.08. The molecule has 62 valence electrons. The van der Waals surface area contributed by atoms with E-state index in [1.807, 2.05) is 6.20 Å². The van der Waals surface area contributed by atoms with Gasteiger partial charge in [0.1, 0.15) is 0 Å². The van der Waals surface area contributed by atoms with E-state index in [9.17, 15) is 0 Å². The molecule has 1 nitrogen and oxygen atoms in total. The van der Waals surface area contributed by atoms with Gasteiger partial charge >= 0.3 is 0 Å². The highest BCUT2D eigenvalue weighted by atomic mass is 14.8. The molecule has 0 fully saturated rings. The molecule has 0 aliphatic carbocycles. The summed E-state index contributed by atoms with van der Waals surface area (Å²) in [5.74, 6) is 0. The zero-order chi connectivity index (χ0) is 7.94. The van der Waals surface area contributed by atoms with Gasteiger partial charge in [-0.1, -0.05) is 31.4 Å². The van der Waals surface area contributed by atoms with E-state index < -0.39 is 0 Å². The van der Waals surface area contributed by atoms with Crippen LogP contribution in [0.3, 0.4) is 0 Å². The zero-order valence-corrected chi connectivity index (χ0v) is 7.27. The van der Waals surface area contributed by atoms with Crippen molar-refractivity contribution in [3.05, 3.63) is 24.0 Å². The van der Waals surface area contributed by atoms with Gasteiger partial charge in [-0.3, -0.25) is 0 Å². The first-order valence-corrected chi connectivity index (χ1v) is 4.52. The van der Waals surface area contributed by atoms with Gasteiger partial charge in [-0.2, -0.15) is 0 Å². The Labute approximate surface area is 69.2 Å². The van der Waals surface area contributed by atoms with Crippen LogP contribution in [0.15, 0.2) is 24.0 Å². The number of allylic oxidation sites excluding steroid dienone is 2. The van der Waals surface area contributed by atoms with E-state index in [1.165, 1.54) is 25.7 Å². The topological polar surface area (TPSA) is 12.0 Å². The fraction of sp³-hybridized carbons (Fsp3) is 0.600. The average Bonchev–Trinajstić information content (AvgIpc) is 2.07. The number of rotatable bonds is 4. The molecule has 0 radical (unpaired) electrons.